The Kier molecular flexibility index (Phi) is 8.55. The van der Waals surface area contributed by atoms with Gasteiger partial charge in [-0.15, -0.1) is 0 Å². The first-order valence-corrected chi connectivity index (χ1v) is 12.4. The number of aryl methyl sites for hydroxylation is 2. The van der Waals surface area contributed by atoms with E-state index in [4.69, 9.17) is 14.2 Å². The Morgan fingerprint density at radius 3 is 2.11 bits per heavy atom. The van der Waals surface area contributed by atoms with E-state index in [1.54, 1.807) is 55.5 Å². The lowest BCUT2D eigenvalue weighted by molar-refractivity contribution is -0.119. The predicted molar refractivity (Wildman–Crippen MR) is 139 cm³/mol. The van der Waals surface area contributed by atoms with Gasteiger partial charge in [-0.3, -0.25) is 9.10 Å². The predicted octanol–water partition coefficient (Wildman–Crippen LogP) is 3.67. The van der Waals surface area contributed by atoms with Crippen LogP contribution in [0.25, 0.3) is 0 Å². The lowest BCUT2D eigenvalue weighted by atomic mass is 10.2. The van der Waals surface area contributed by atoms with Crippen molar-refractivity contribution in [1.29, 1.82) is 0 Å². The zero-order valence-corrected chi connectivity index (χ0v) is 21.6. The highest BCUT2D eigenvalue weighted by Gasteiger charge is 2.28. The first-order valence-electron chi connectivity index (χ1n) is 11.0. The molecule has 0 aliphatic rings. The van der Waals surface area contributed by atoms with Gasteiger partial charge in [-0.25, -0.2) is 13.8 Å². The number of sulfonamides is 1. The Labute approximate surface area is 211 Å². The highest BCUT2D eigenvalue weighted by Crippen LogP contribution is 2.37. The zero-order valence-electron chi connectivity index (χ0n) is 20.8. The maximum absolute atomic E-state index is 13.5. The number of para-hydroxylation sites is 1. The van der Waals surface area contributed by atoms with Crippen molar-refractivity contribution in [1.82, 2.24) is 5.43 Å². The summed E-state index contributed by atoms with van der Waals surface area (Å²) in [4.78, 5) is 12.9. The van der Waals surface area contributed by atoms with E-state index in [9.17, 15) is 13.2 Å². The Hall–Kier alpha value is -4.05. The molecule has 3 aromatic rings. The average molecular weight is 512 g/mol. The third-order valence-corrected chi connectivity index (χ3v) is 7.14. The number of amides is 1. The minimum absolute atomic E-state index is 0.0880. The Morgan fingerprint density at radius 2 is 1.56 bits per heavy atom. The molecule has 9 nitrogen and oxygen atoms in total. The van der Waals surface area contributed by atoms with E-state index < -0.39 is 22.5 Å². The molecule has 0 aliphatic carbocycles. The van der Waals surface area contributed by atoms with Crippen LogP contribution in [-0.4, -0.2) is 48.4 Å². The van der Waals surface area contributed by atoms with E-state index >= 15 is 0 Å². The van der Waals surface area contributed by atoms with Crippen LogP contribution in [-0.2, 0) is 14.8 Å². The Morgan fingerprint density at radius 1 is 0.944 bits per heavy atom. The van der Waals surface area contributed by atoms with Crippen LogP contribution in [0.4, 0.5) is 5.69 Å². The molecule has 0 aliphatic heterocycles. The van der Waals surface area contributed by atoms with Crippen molar-refractivity contribution in [3.05, 3.63) is 77.4 Å². The second-order valence-corrected chi connectivity index (χ2v) is 9.73. The monoisotopic (exact) mass is 511 g/mol. The maximum atomic E-state index is 13.5. The number of carbonyl (C=O) groups excluding carboxylic acids is 1. The molecule has 1 N–H and O–H groups in total. The van der Waals surface area contributed by atoms with Crippen LogP contribution < -0.4 is 23.9 Å². The molecule has 0 heterocycles. The van der Waals surface area contributed by atoms with E-state index in [1.165, 1.54) is 39.7 Å². The number of nitrogens with one attached hydrogen (secondary N) is 1. The molecule has 190 valence electrons. The number of hydrazone groups is 1. The molecule has 10 heteroatoms. The average Bonchev–Trinajstić information content (AvgIpc) is 2.87. The highest BCUT2D eigenvalue weighted by molar-refractivity contribution is 7.92. The number of benzene rings is 3. The number of nitrogens with zero attached hydrogens (tertiary/aromatic N) is 2. The second-order valence-electron chi connectivity index (χ2n) is 7.86. The number of hydrogen-bond donors (Lipinski definition) is 1. The van der Waals surface area contributed by atoms with E-state index in [0.717, 1.165) is 9.87 Å². The van der Waals surface area contributed by atoms with Crippen LogP contribution >= 0.6 is 0 Å². The molecule has 0 bridgehead atoms. The molecule has 36 heavy (non-hydrogen) atoms. The third-order valence-electron chi connectivity index (χ3n) is 5.37. The fourth-order valence-electron chi connectivity index (χ4n) is 3.50. The van der Waals surface area contributed by atoms with Crippen molar-refractivity contribution in [3.8, 4) is 17.2 Å². The molecule has 0 radical (unpaired) electrons. The van der Waals surface area contributed by atoms with Crippen LogP contribution in [0.5, 0.6) is 17.2 Å². The minimum atomic E-state index is -4.02. The number of rotatable bonds is 10. The number of ether oxygens (including phenoxy) is 3. The van der Waals surface area contributed by atoms with Gasteiger partial charge in [-0.1, -0.05) is 35.9 Å². The molecule has 0 fully saturated rings. The van der Waals surface area contributed by atoms with Gasteiger partial charge in [-0.2, -0.15) is 5.10 Å². The van der Waals surface area contributed by atoms with Gasteiger partial charge in [0.2, 0.25) is 5.75 Å². The summed E-state index contributed by atoms with van der Waals surface area (Å²) in [6.45, 7) is 3.19. The molecule has 3 rings (SSSR count). The van der Waals surface area contributed by atoms with E-state index in [1.807, 2.05) is 6.92 Å². The number of methoxy groups -OCH3 is 3. The van der Waals surface area contributed by atoms with Gasteiger partial charge >= 0.3 is 0 Å². The number of carbonyl (C=O) groups is 1. The van der Waals surface area contributed by atoms with Gasteiger partial charge in [0.15, 0.2) is 11.5 Å². The van der Waals surface area contributed by atoms with Crippen LogP contribution in [0.2, 0.25) is 0 Å². The molecule has 0 saturated carbocycles. The van der Waals surface area contributed by atoms with Crippen LogP contribution in [0.1, 0.15) is 16.7 Å². The van der Waals surface area contributed by atoms with Crippen molar-refractivity contribution >= 4 is 27.8 Å². The van der Waals surface area contributed by atoms with Crippen molar-refractivity contribution in [2.45, 2.75) is 18.7 Å². The summed E-state index contributed by atoms with van der Waals surface area (Å²) in [5.74, 6) is 0.674. The fourth-order valence-corrected chi connectivity index (χ4v) is 4.99. The smallest absolute Gasteiger partial charge is 0.264 e. The zero-order chi connectivity index (χ0) is 26.3. The molecule has 0 aromatic heterocycles. The van der Waals surface area contributed by atoms with Crippen LogP contribution in [0.15, 0.2) is 70.7 Å². The first kappa shape index (κ1) is 26.6. The lowest BCUT2D eigenvalue weighted by Gasteiger charge is -2.25. The fraction of sp³-hybridized carbons (Fsp3) is 0.231. The van der Waals surface area contributed by atoms with Gasteiger partial charge < -0.3 is 14.2 Å². The summed E-state index contributed by atoms with van der Waals surface area (Å²) in [5, 5.41) is 3.99. The van der Waals surface area contributed by atoms with Crippen LogP contribution in [0, 0.1) is 13.8 Å². The summed E-state index contributed by atoms with van der Waals surface area (Å²) < 4.78 is 44.0. The minimum Gasteiger partial charge on any atom is -0.493 e. The molecule has 0 spiro atoms. The van der Waals surface area contributed by atoms with Crippen LogP contribution in [0.3, 0.4) is 0 Å². The molecule has 0 atom stereocenters. The Bertz CT molecular complexity index is 1330. The molecule has 1 amide bonds. The standard InChI is InChI=1S/C26H29N3O6S/c1-18-10-12-21(13-11-18)36(31,32)29(22-9-7-6-8-19(22)2)17-25(30)28-27-16-20-14-23(33-3)26(35-5)24(15-20)34-4/h6-16H,17H2,1-5H3,(H,28,30)/b27-16-. The summed E-state index contributed by atoms with van der Waals surface area (Å²) in [7, 11) is 0.471. The first-order chi connectivity index (χ1) is 17.2. The number of hydrogen-bond acceptors (Lipinski definition) is 7. The summed E-state index contributed by atoms with van der Waals surface area (Å²) in [5.41, 5.74) is 5.02. The third kappa shape index (κ3) is 5.95. The van der Waals surface area contributed by atoms with Gasteiger partial charge in [0.05, 0.1) is 38.1 Å². The second kappa shape index (κ2) is 11.6. The van der Waals surface area contributed by atoms with Gasteiger partial charge in [-0.05, 0) is 49.7 Å². The quantitative estimate of drug-likeness (QED) is 0.329. The topological polar surface area (TPSA) is 107 Å². The van der Waals surface area contributed by atoms with E-state index in [-0.39, 0.29) is 4.90 Å². The summed E-state index contributed by atoms with van der Waals surface area (Å²) in [6.07, 6.45) is 1.40. The molecular formula is C26H29N3O6S. The molecule has 3 aromatic carbocycles. The largest absolute Gasteiger partial charge is 0.493 e. The highest BCUT2D eigenvalue weighted by atomic mass is 32.2. The SMILES string of the molecule is COc1cc(/C=N\NC(=O)CN(c2ccccc2C)S(=O)(=O)c2ccc(C)cc2)cc(OC)c1OC. The van der Waals surface area contributed by atoms with Gasteiger partial charge in [0.1, 0.15) is 6.54 Å². The molecule has 0 unspecified atom stereocenters. The van der Waals surface area contributed by atoms with E-state index in [2.05, 4.69) is 10.5 Å². The molecular weight excluding hydrogens is 482 g/mol. The normalized spacial score (nSPS) is 11.2. The summed E-state index contributed by atoms with van der Waals surface area (Å²) in [6, 6.07) is 16.8. The van der Waals surface area contributed by atoms with Gasteiger partial charge in [0, 0.05) is 5.56 Å². The van der Waals surface area contributed by atoms with E-state index in [0.29, 0.717) is 34.1 Å². The van der Waals surface area contributed by atoms with Crippen molar-refractivity contribution in [3.63, 3.8) is 0 Å². The van der Waals surface area contributed by atoms with Crippen molar-refractivity contribution in [2.24, 2.45) is 5.10 Å². The van der Waals surface area contributed by atoms with Gasteiger partial charge in [0.25, 0.3) is 15.9 Å². The lowest BCUT2D eigenvalue weighted by Crippen LogP contribution is -2.40. The molecule has 0 saturated heterocycles. The maximum Gasteiger partial charge on any atom is 0.264 e. The number of anilines is 1. The van der Waals surface area contributed by atoms with Crippen molar-refractivity contribution in [2.75, 3.05) is 32.2 Å². The summed E-state index contributed by atoms with van der Waals surface area (Å²) >= 11 is 0. The van der Waals surface area contributed by atoms with Crippen molar-refractivity contribution < 1.29 is 27.4 Å². The Balaban J connectivity index is 1.85.